The van der Waals surface area contributed by atoms with E-state index in [2.05, 4.69) is 33.4 Å². The van der Waals surface area contributed by atoms with Gasteiger partial charge in [-0.2, -0.15) is 0 Å². The highest BCUT2D eigenvalue weighted by Gasteiger charge is 2.05. The molecule has 1 N–H and O–H groups in total. The number of amides is 1. The van der Waals surface area contributed by atoms with E-state index in [1.807, 2.05) is 31.0 Å². The molecule has 1 aromatic rings. The van der Waals surface area contributed by atoms with Crippen molar-refractivity contribution >= 4 is 21.8 Å². The summed E-state index contributed by atoms with van der Waals surface area (Å²) in [5, 5.41) is 2.80. The zero-order valence-corrected chi connectivity index (χ0v) is 12.0. The van der Waals surface area contributed by atoms with Crippen LogP contribution in [0.1, 0.15) is 12.5 Å². The first-order valence-corrected chi connectivity index (χ1v) is 6.60. The van der Waals surface area contributed by atoms with E-state index in [4.69, 9.17) is 0 Å². The Morgan fingerprint density at radius 2 is 2.00 bits per heavy atom. The van der Waals surface area contributed by atoms with Gasteiger partial charge in [0.15, 0.2) is 0 Å². The van der Waals surface area contributed by atoms with Gasteiger partial charge in [0.1, 0.15) is 0 Å². The fourth-order valence-electron chi connectivity index (χ4n) is 1.55. The lowest BCUT2D eigenvalue weighted by atomic mass is 10.1. The van der Waals surface area contributed by atoms with Crippen molar-refractivity contribution in [2.24, 2.45) is 0 Å². The molecule has 0 aliphatic carbocycles. The number of hydrogen-bond donors (Lipinski definition) is 1. The monoisotopic (exact) mass is 298 g/mol. The number of benzene rings is 1. The first-order valence-electron chi connectivity index (χ1n) is 5.81. The molecule has 1 rings (SSSR count). The third-order valence-electron chi connectivity index (χ3n) is 2.48. The number of carbonyl (C=O) groups is 1. The van der Waals surface area contributed by atoms with Crippen LogP contribution >= 0.6 is 15.9 Å². The van der Waals surface area contributed by atoms with Crippen LogP contribution < -0.4 is 5.32 Å². The van der Waals surface area contributed by atoms with E-state index < -0.39 is 0 Å². The molecule has 0 bridgehead atoms. The van der Waals surface area contributed by atoms with Crippen LogP contribution in [0, 0.1) is 0 Å². The van der Waals surface area contributed by atoms with Crippen LogP contribution in [0.4, 0.5) is 0 Å². The first-order chi connectivity index (χ1) is 8.11. The number of nitrogens with zero attached hydrogens (tertiary/aromatic N) is 1. The van der Waals surface area contributed by atoms with Crippen LogP contribution in [0.5, 0.6) is 0 Å². The van der Waals surface area contributed by atoms with Crippen molar-refractivity contribution in [3.05, 3.63) is 34.3 Å². The number of hydrogen-bond acceptors (Lipinski definition) is 2. The fraction of sp³-hybridized carbons (Fsp3) is 0.462. The minimum Gasteiger partial charge on any atom is -0.355 e. The maximum atomic E-state index is 11.4. The Bertz CT molecular complexity index is 351. The van der Waals surface area contributed by atoms with Gasteiger partial charge in [-0.3, -0.25) is 9.69 Å². The second-order valence-electron chi connectivity index (χ2n) is 4.07. The Kier molecular flexibility index (Phi) is 6.22. The van der Waals surface area contributed by atoms with Gasteiger partial charge in [-0.1, -0.05) is 28.1 Å². The van der Waals surface area contributed by atoms with Gasteiger partial charge in [-0.05, 0) is 38.1 Å². The molecule has 0 spiro atoms. The quantitative estimate of drug-likeness (QED) is 0.872. The molecular weight excluding hydrogens is 280 g/mol. The lowest BCUT2D eigenvalue weighted by Crippen LogP contribution is -2.35. The number of halogens is 1. The number of carbonyl (C=O) groups excluding carboxylic acids is 1. The highest BCUT2D eigenvalue weighted by molar-refractivity contribution is 9.10. The Morgan fingerprint density at radius 3 is 2.59 bits per heavy atom. The van der Waals surface area contributed by atoms with E-state index in [-0.39, 0.29) is 5.91 Å². The predicted octanol–water partition coefficient (Wildman–Crippen LogP) is 2.06. The van der Waals surface area contributed by atoms with Gasteiger partial charge in [0.25, 0.3) is 0 Å². The smallest absolute Gasteiger partial charge is 0.234 e. The topological polar surface area (TPSA) is 32.3 Å². The molecular formula is C13H19BrN2O. The average molecular weight is 299 g/mol. The van der Waals surface area contributed by atoms with E-state index >= 15 is 0 Å². The lowest BCUT2D eigenvalue weighted by molar-refractivity contribution is -0.121. The highest BCUT2D eigenvalue weighted by atomic mass is 79.9. The van der Waals surface area contributed by atoms with Crippen LogP contribution in [-0.2, 0) is 11.2 Å². The van der Waals surface area contributed by atoms with Crippen molar-refractivity contribution < 1.29 is 4.79 Å². The molecule has 0 aliphatic heterocycles. The second kappa shape index (κ2) is 7.45. The second-order valence-corrected chi connectivity index (χ2v) is 4.98. The van der Waals surface area contributed by atoms with Crippen molar-refractivity contribution in [3.8, 4) is 0 Å². The van der Waals surface area contributed by atoms with E-state index in [0.717, 1.165) is 17.4 Å². The Labute approximate surface area is 111 Å². The molecule has 0 aromatic heterocycles. The molecule has 17 heavy (non-hydrogen) atoms. The highest BCUT2D eigenvalue weighted by Crippen LogP contribution is 2.10. The van der Waals surface area contributed by atoms with Gasteiger partial charge < -0.3 is 5.32 Å². The zero-order valence-electron chi connectivity index (χ0n) is 10.4. The van der Waals surface area contributed by atoms with Crippen LogP contribution in [0.15, 0.2) is 28.7 Å². The van der Waals surface area contributed by atoms with E-state index in [1.54, 1.807) is 0 Å². The minimum atomic E-state index is 0.0887. The largest absolute Gasteiger partial charge is 0.355 e. The Hall–Kier alpha value is -0.870. The minimum absolute atomic E-state index is 0.0887. The van der Waals surface area contributed by atoms with Crippen LogP contribution in [0.3, 0.4) is 0 Å². The summed E-state index contributed by atoms with van der Waals surface area (Å²) in [7, 11) is 1.97. The number of nitrogens with one attached hydrogen (secondary N) is 1. The zero-order chi connectivity index (χ0) is 12.7. The molecule has 0 atom stereocenters. The third kappa shape index (κ3) is 5.84. The van der Waals surface area contributed by atoms with Gasteiger partial charge in [0.05, 0.1) is 6.54 Å². The van der Waals surface area contributed by atoms with Crippen LogP contribution in [0.25, 0.3) is 0 Å². The van der Waals surface area contributed by atoms with E-state index in [1.165, 1.54) is 5.56 Å². The first kappa shape index (κ1) is 14.2. The van der Waals surface area contributed by atoms with E-state index in [9.17, 15) is 4.79 Å². The van der Waals surface area contributed by atoms with Crippen LogP contribution in [0.2, 0.25) is 0 Å². The molecule has 3 nitrogen and oxygen atoms in total. The summed E-state index contributed by atoms with van der Waals surface area (Å²) in [6, 6.07) is 8.28. The Balaban J connectivity index is 2.30. The molecule has 0 unspecified atom stereocenters. The molecule has 1 amide bonds. The van der Waals surface area contributed by atoms with Gasteiger partial charge in [0.2, 0.25) is 5.91 Å². The van der Waals surface area contributed by atoms with Crippen molar-refractivity contribution in [3.63, 3.8) is 0 Å². The van der Waals surface area contributed by atoms with Crippen LogP contribution in [-0.4, -0.2) is 37.5 Å². The standard InChI is InChI=1S/C13H19BrN2O/c1-3-15-13(17)10-16(2)9-8-11-4-6-12(14)7-5-11/h4-7H,3,8-10H2,1-2H3,(H,15,17). The van der Waals surface area contributed by atoms with E-state index in [0.29, 0.717) is 13.1 Å². The SMILES string of the molecule is CCNC(=O)CN(C)CCc1ccc(Br)cc1. The summed E-state index contributed by atoms with van der Waals surface area (Å²) in [5.74, 6) is 0.0887. The summed E-state index contributed by atoms with van der Waals surface area (Å²) in [4.78, 5) is 13.4. The summed E-state index contributed by atoms with van der Waals surface area (Å²) >= 11 is 3.41. The van der Waals surface area contributed by atoms with Crippen molar-refractivity contribution in [2.45, 2.75) is 13.3 Å². The van der Waals surface area contributed by atoms with Crippen molar-refractivity contribution in [1.29, 1.82) is 0 Å². The van der Waals surface area contributed by atoms with Crippen molar-refractivity contribution in [1.82, 2.24) is 10.2 Å². The fourth-order valence-corrected chi connectivity index (χ4v) is 1.81. The maximum Gasteiger partial charge on any atom is 0.234 e. The molecule has 0 fully saturated rings. The molecule has 94 valence electrons. The third-order valence-corrected chi connectivity index (χ3v) is 3.01. The average Bonchev–Trinajstić information content (AvgIpc) is 2.28. The lowest BCUT2D eigenvalue weighted by Gasteiger charge is -2.15. The summed E-state index contributed by atoms with van der Waals surface area (Å²) in [5.41, 5.74) is 1.29. The number of likely N-dealkylation sites (N-methyl/N-ethyl adjacent to an activating group) is 2. The molecule has 4 heteroatoms. The van der Waals surface area contributed by atoms with Gasteiger partial charge in [-0.25, -0.2) is 0 Å². The molecule has 0 heterocycles. The summed E-state index contributed by atoms with van der Waals surface area (Å²) < 4.78 is 1.09. The van der Waals surface area contributed by atoms with Gasteiger partial charge >= 0.3 is 0 Å². The normalized spacial score (nSPS) is 10.6. The molecule has 0 radical (unpaired) electrons. The molecule has 0 saturated heterocycles. The Morgan fingerprint density at radius 1 is 1.35 bits per heavy atom. The number of rotatable bonds is 6. The summed E-state index contributed by atoms with van der Waals surface area (Å²) in [6.07, 6.45) is 0.961. The molecule has 1 aromatic carbocycles. The van der Waals surface area contributed by atoms with Gasteiger partial charge in [-0.15, -0.1) is 0 Å². The predicted molar refractivity (Wildman–Crippen MR) is 74.0 cm³/mol. The molecule has 0 saturated carbocycles. The summed E-state index contributed by atoms with van der Waals surface area (Å²) in [6.45, 7) is 3.97. The van der Waals surface area contributed by atoms with Gasteiger partial charge in [0, 0.05) is 17.6 Å². The maximum absolute atomic E-state index is 11.4. The van der Waals surface area contributed by atoms with Crippen molar-refractivity contribution in [2.75, 3.05) is 26.7 Å². The molecule has 0 aliphatic rings.